The lowest BCUT2D eigenvalue weighted by atomic mass is 9.60. The zero-order chi connectivity index (χ0) is 16.0. The summed E-state index contributed by atoms with van der Waals surface area (Å²) in [5.41, 5.74) is 0.885. The normalized spacial score (nSPS) is 28.6. The second kappa shape index (κ2) is 7.95. The van der Waals surface area contributed by atoms with Crippen molar-refractivity contribution in [2.24, 2.45) is 17.3 Å². The molecule has 0 aromatic carbocycles. The van der Waals surface area contributed by atoms with Crippen molar-refractivity contribution < 1.29 is 19.7 Å². The van der Waals surface area contributed by atoms with E-state index in [0.29, 0.717) is 0 Å². The maximum atomic E-state index is 11.7. The lowest BCUT2D eigenvalue weighted by Gasteiger charge is -2.47. The number of hydrogen-bond donors (Lipinski definition) is 2. The van der Waals surface area contributed by atoms with Crippen LogP contribution in [0.3, 0.4) is 0 Å². The van der Waals surface area contributed by atoms with Crippen LogP contribution >= 0.6 is 0 Å². The molecule has 4 nitrogen and oxygen atoms in total. The number of aliphatic hydroxyl groups excluding tert-OH is 2. The number of hydrogen-bond acceptors (Lipinski definition) is 4. The third-order valence-electron chi connectivity index (χ3n) is 5.06. The number of allylic oxidation sites excluding steroid dienone is 1. The highest BCUT2D eigenvalue weighted by atomic mass is 16.5. The molecule has 2 atom stereocenters. The summed E-state index contributed by atoms with van der Waals surface area (Å²) in [4.78, 5) is 11.7. The van der Waals surface area contributed by atoms with E-state index in [0.717, 1.165) is 31.3 Å². The Morgan fingerprint density at radius 1 is 1.19 bits per heavy atom. The summed E-state index contributed by atoms with van der Waals surface area (Å²) in [6.45, 7) is 8.10. The molecule has 0 aliphatic heterocycles. The van der Waals surface area contributed by atoms with Gasteiger partial charge in [0.25, 0.3) is 0 Å². The highest BCUT2D eigenvalue weighted by Gasteiger charge is 2.43. The number of carbonyl (C=O) groups is 1. The molecule has 0 amide bonds. The van der Waals surface area contributed by atoms with E-state index in [2.05, 4.69) is 0 Å². The lowest BCUT2D eigenvalue weighted by molar-refractivity contribution is -0.147. The molecule has 0 saturated heterocycles. The van der Waals surface area contributed by atoms with Gasteiger partial charge in [-0.1, -0.05) is 19.4 Å². The largest absolute Gasteiger partial charge is 0.459 e. The van der Waals surface area contributed by atoms with E-state index >= 15 is 0 Å². The molecule has 0 spiro atoms. The van der Waals surface area contributed by atoms with Crippen molar-refractivity contribution in [1.29, 1.82) is 0 Å². The molecule has 2 N–H and O–H groups in total. The number of ether oxygens (including phenoxy) is 1. The quantitative estimate of drug-likeness (QED) is 0.584. The smallest absolute Gasteiger partial charge is 0.330 e. The molecule has 21 heavy (non-hydrogen) atoms. The molecule has 0 heterocycles. The van der Waals surface area contributed by atoms with E-state index in [4.69, 9.17) is 4.74 Å². The van der Waals surface area contributed by atoms with Gasteiger partial charge >= 0.3 is 5.97 Å². The molecule has 0 aromatic heterocycles. The predicted octanol–water partition coefficient (Wildman–Crippen LogP) is 2.68. The van der Waals surface area contributed by atoms with Crippen molar-refractivity contribution in [3.05, 3.63) is 11.6 Å². The Morgan fingerprint density at radius 3 is 2.05 bits per heavy atom. The van der Waals surface area contributed by atoms with Crippen LogP contribution in [0, 0.1) is 17.3 Å². The molecule has 2 unspecified atom stereocenters. The maximum Gasteiger partial charge on any atom is 0.330 e. The molecular weight excluding hydrogens is 268 g/mol. The SMILES string of the molecule is CC(C)=CC(=O)OC1CCC(C(C)CO)(C(C)CO)CC1. The van der Waals surface area contributed by atoms with Crippen molar-refractivity contribution in [2.75, 3.05) is 13.2 Å². The maximum absolute atomic E-state index is 11.7. The summed E-state index contributed by atoms with van der Waals surface area (Å²) in [6.07, 6.45) is 4.84. The lowest BCUT2D eigenvalue weighted by Crippen LogP contribution is -2.43. The van der Waals surface area contributed by atoms with Crippen LogP contribution in [-0.2, 0) is 9.53 Å². The number of aliphatic hydroxyl groups is 2. The van der Waals surface area contributed by atoms with Crippen LogP contribution in [0.25, 0.3) is 0 Å². The van der Waals surface area contributed by atoms with E-state index in [1.165, 1.54) is 6.08 Å². The topological polar surface area (TPSA) is 66.8 Å². The monoisotopic (exact) mass is 298 g/mol. The average molecular weight is 298 g/mol. The highest BCUT2D eigenvalue weighted by molar-refractivity contribution is 5.82. The first-order valence-electron chi connectivity index (χ1n) is 7.93. The Bertz CT molecular complexity index is 351. The molecule has 0 aromatic rings. The summed E-state index contributed by atoms with van der Waals surface area (Å²) in [6, 6.07) is 0. The molecule has 1 aliphatic rings. The molecule has 0 radical (unpaired) electrons. The van der Waals surface area contributed by atoms with Gasteiger partial charge in [0.1, 0.15) is 6.10 Å². The number of rotatable bonds is 6. The third-order valence-corrected chi connectivity index (χ3v) is 5.06. The van der Waals surface area contributed by atoms with Gasteiger partial charge in [-0.05, 0) is 56.8 Å². The first kappa shape index (κ1) is 18.2. The van der Waals surface area contributed by atoms with Crippen LogP contribution in [-0.4, -0.2) is 35.5 Å². The second-order valence-electron chi connectivity index (χ2n) is 6.76. The Kier molecular flexibility index (Phi) is 6.88. The zero-order valence-electron chi connectivity index (χ0n) is 13.8. The summed E-state index contributed by atoms with van der Waals surface area (Å²) >= 11 is 0. The van der Waals surface area contributed by atoms with E-state index < -0.39 is 0 Å². The molecule has 1 aliphatic carbocycles. The van der Waals surface area contributed by atoms with E-state index in [1.807, 2.05) is 27.7 Å². The fourth-order valence-corrected chi connectivity index (χ4v) is 3.52. The van der Waals surface area contributed by atoms with Crippen molar-refractivity contribution in [2.45, 2.75) is 59.5 Å². The standard InChI is InChI=1S/C17H30O4/c1-12(2)9-16(20)21-15-5-7-17(8-6-15,13(3)10-18)14(4)11-19/h9,13-15,18-19H,5-8,10-11H2,1-4H3. The van der Waals surface area contributed by atoms with Crippen LogP contribution in [0.1, 0.15) is 53.4 Å². The molecule has 4 heteroatoms. The molecule has 1 fully saturated rings. The van der Waals surface area contributed by atoms with Crippen molar-refractivity contribution in [1.82, 2.24) is 0 Å². The summed E-state index contributed by atoms with van der Waals surface area (Å²) in [5.74, 6) is 0.0288. The highest BCUT2D eigenvalue weighted by Crippen LogP contribution is 2.48. The number of esters is 1. The average Bonchev–Trinajstić information content (AvgIpc) is 2.45. The molecule has 1 saturated carbocycles. The van der Waals surface area contributed by atoms with Crippen molar-refractivity contribution in [3.63, 3.8) is 0 Å². The minimum absolute atomic E-state index is 0.0435. The van der Waals surface area contributed by atoms with Crippen LogP contribution in [0.4, 0.5) is 0 Å². The number of carbonyl (C=O) groups excluding carboxylic acids is 1. The summed E-state index contributed by atoms with van der Waals surface area (Å²) < 4.78 is 5.48. The Labute approximate surface area is 128 Å². The molecular formula is C17H30O4. The fourth-order valence-electron chi connectivity index (χ4n) is 3.52. The van der Waals surface area contributed by atoms with Crippen molar-refractivity contribution in [3.8, 4) is 0 Å². The van der Waals surface area contributed by atoms with Crippen LogP contribution in [0.5, 0.6) is 0 Å². The van der Waals surface area contributed by atoms with Crippen LogP contribution in [0.2, 0.25) is 0 Å². The predicted molar refractivity (Wildman–Crippen MR) is 82.7 cm³/mol. The van der Waals surface area contributed by atoms with Crippen LogP contribution < -0.4 is 0 Å². The summed E-state index contributed by atoms with van der Waals surface area (Å²) in [7, 11) is 0. The minimum Gasteiger partial charge on any atom is -0.459 e. The van der Waals surface area contributed by atoms with Gasteiger partial charge < -0.3 is 14.9 Å². The Morgan fingerprint density at radius 2 is 1.67 bits per heavy atom. The molecule has 0 bridgehead atoms. The first-order chi connectivity index (χ1) is 9.85. The van der Waals surface area contributed by atoms with Gasteiger partial charge in [0.05, 0.1) is 0 Å². The fraction of sp³-hybridized carbons (Fsp3) is 0.824. The van der Waals surface area contributed by atoms with Gasteiger partial charge in [0, 0.05) is 19.3 Å². The van der Waals surface area contributed by atoms with Gasteiger partial charge in [-0.2, -0.15) is 0 Å². The van der Waals surface area contributed by atoms with Crippen LogP contribution in [0.15, 0.2) is 11.6 Å². The Balaban J connectivity index is 2.66. The first-order valence-corrected chi connectivity index (χ1v) is 7.93. The van der Waals surface area contributed by atoms with Gasteiger partial charge in [-0.25, -0.2) is 4.79 Å². The third kappa shape index (κ3) is 4.55. The van der Waals surface area contributed by atoms with Gasteiger partial charge in [-0.3, -0.25) is 0 Å². The van der Waals surface area contributed by atoms with Gasteiger partial charge in [-0.15, -0.1) is 0 Å². The minimum atomic E-state index is -0.266. The van der Waals surface area contributed by atoms with E-state index in [9.17, 15) is 15.0 Å². The van der Waals surface area contributed by atoms with Gasteiger partial charge in [0.15, 0.2) is 0 Å². The molecule has 1 rings (SSSR count). The summed E-state index contributed by atoms with van der Waals surface area (Å²) in [5, 5.41) is 19.1. The zero-order valence-corrected chi connectivity index (χ0v) is 13.8. The molecule has 122 valence electrons. The Hall–Kier alpha value is -0.870. The van der Waals surface area contributed by atoms with E-state index in [-0.39, 0.29) is 42.5 Å². The van der Waals surface area contributed by atoms with Gasteiger partial charge in [0.2, 0.25) is 0 Å². The second-order valence-corrected chi connectivity index (χ2v) is 6.76. The van der Waals surface area contributed by atoms with E-state index in [1.54, 1.807) is 0 Å². The van der Waals surface area contributed by atoms with Crippen molar-refractivity contribution >= 4 is 5.97 Å².